The fourth-order valence-corrected chi connectivity index (χ4v) is 3.55. The van der Waals surface area contributed by atoms with Crippen LogP contribution in [0, 0.1) is 0 Å². The minimum absolute atomic E-state index is 0.0151. The summed E-state index contributed by atoms with van der Waals surface area (Å²) in [6, 6.07) is -0.846. The van der Waals surface area contributed by atoms with Crippen LogP contribution in [0.25, 0.3) is 0 Å². The number of hydrogen-bond acceptors (Lipinski definition) is 5. The molecule has 0 aliphatic carbocycles. The van der Waals surface area contributed by atoms with Crippen molar-refractivity contribution < 1.29 is 13.2 Å². The number of nitrogens with one attached hydrogen (secondary N) is 2. The molecule has 0 radical (unpaired) electrons. The van der Waals surface area contributed by atoms with Gasteiger partial charge in [0.2, 0.25) is 5.91 Å². The average molecular weight is 298 g/mol. The monoisotopic (exact) mass is 297 g/mol. The lowest BCUT2D eigenvalue weighted by Crippen LogP contribution is -2.44. The van der Waals surface area contributed by atoms with Gasteiger partial charge in [0.15, 0.2) is 8.68 Å². The van der Waals surface area contributed by atoms with Gasteiger partial charge in [-0.2, -0.15) is 4.72 Å². The maximum Gasteiger partial charge on any atom is 0.252 e. The normalized spacial score (nSPS) is 13.4. The van der Waals surface area contributed by atoms with Crippen LogP contribution in [0.1, 0.15) is 13.8 Å². The van der Waals surface area contributed by atoms with Gasteiger partial charge in [-0.3, -0.25) is 4.79 Å². The summed E-state index contributed by atoms with van der Waals surface area (Å²) in [5.74, 6) is -0.383. The van der Waals surface area contributed by atoms with Gasteiger partial charge in [0.05, 0.1) is 12.2 Å². The van der Waals surface area contributed by atoms with Crippen molar-refractivity contribution in [1.29, 1.82) is 0 Å². The Labute approximate surface area is 108 Å². The smallest absolute Gasteiger partial charge is 0.252 e. The number of aromatic nitrogens is 1. The van der Waals surface area contributed by atoms with Gasteiger partial charge in [-0.25, -0.2) is 13.4 Å². The number of thiazole rings is 1. The molecule has 9 heteroatoms. The zero-order valence-corrected chi connectivity index (χ0v) is 11.6. The van der Waals surface area contributed by atoms with Crippen LogP contribution in [0.2, 0.25) is 4.47 Å². The molecule has 0 aromatic carbocycles. The highest BCUT2D eigenvalue weighted by Gasteiger charge is 2.23. The van der Waals surface area contributed by atoms with Gasteiger partial charge in [-0.05, 0) is 13.8 Å². The maximum absolute atomic E-state index is 11.8. The number of hydrogen-bond donors (Lipinski definition) is 2. The first kappa shape index (κ1) is 14.4. The van der Waals surface area contributed by atoms with Gasteiger partial charge >= 0.3 is 0 Å². The molecule has 0 aliphatic heterocycles. The van der Waals surface area contributed by atoms with E-state index in [0.29, 0.717) is 6.54 Å². The second-order valence-corrected chi connectivity index (χ2v) is 6.72. The highest BCUT2D eigenvalue weighted by molar-refractivity contribution is 7.91. The zero-order valence-electron chi connectivity index (χ0n) is 9.23. The van der Waals surface area contributed by atoms with Crippen LogP contribution in [0.4, 0.5) is 0 Å². The Bertz CT molecular complexity index is 500. The number of sulfonamides is 1. The summed E-state index contributed by atoms with van der Waals surface area (Å²) >= 11 is 6.39. The van der Waals surface area contributed by atoms with E-state index in [9.17, 15) is 13.2 Å². The number of likely N-dealkylation sites (N-methyl/N-ethyl adjacent to an activating group) is 1. The highest BCUT2D eigenvalue weighted by atomic mass is 35.5. The van der Waals surface area contributed by atoms with E-state index < -0.39 is 16.1 Å². The lowest BCUT2D eigenvalue weighted by Gasteiger charge is -2.12. The minimum Gasteiger partial charge on any atom is -0.355 e. The first-order chi connectivity index (χ1) is 7.86. The molecule has 96 valence electrons. The summed E-state index contributed by atoms with van der Waals surface area (Å²) in [7, 11) is -3.74. The third kappa shape index (κ3) is 3.91. The Morgan fingerprint density at radius 2 is 2.29 bits per heavy atom. The first-order valence-corrected chi connectivity index (χ1v) is 7.46. The van der Waals surface area contributed by atoms with E-state index in [1.54, 1.807) is 6.92 Å². The van der Waals surface area contributed by atoms with Crippen molar-refractivity contribution in [1.82, 2.24) is 15.0 Å². The molecule has 0 saturated heterocycles. The summed E-state index contributed by atoms with van der Waals surface area (Å²) in [6.45, 7) is 3.66. The van der Waals surface area contributed by atoms with Crippen LogP contribution in [0.3, 0.4) is 0 Å². The van der Waals surface area contributed by atoms with E-state index in [4.69, 9.17) is 11.6 Å². The number of halogens is 1. The molecule has 1 heterocycles. The van der Waals surface area contributed by atoms with Gasteiger partial charge < -0.3 is 5.32 Å². The summed E-state index contributed by atoms with van der Waals surface area (Å²) < 4.78 is 25.9. The lowest BCUT2D eigenvalue weighted by molar-refractivity contribution is -0.122. The van der Waals surface area contributed by atoms with Crippen molar-refractivity contribution in [2.45, 2.75) is 24.1 Å². The lowest BCUT2D eigenvalue weighted by atomic mass is 10.3. The van der Waals surface area contributed by atoms with Gasteiger partial charge in [-0.1, -0.05) is 22.9 Å². The van der Waals surface area contributed by atoms with Gasteiger partial charge in [-0.15, -0.1) is 0 Å². The Morgan fingerprint density at radius 3 is 2.76 bits per heavy atom. The topological polar surface area (TPSA) is 88.2 Å². The van der Waals surface area contributed by atoms with Crippen LogP contribution >= 0.6 is 22.9 Å². The summed E-state index contributed by atoms with van der Waals surface area (Å²) in [5.41, 5.74) is 0. The number of carbonyl (C=O) groups is 1. The summed E-state index contributed by atoms with van der Waals surface area (Å²) in [4.78, 5) is 15.0. The molecule has 0 spiro atoms. The number of carbonyl (C=O) groups excluding carboxylic acids is 1. The van der Waals surface area contributed by atoms with E-state index in [2.05, 4.69) is 15.0 Å². The zero-order chi connectivity index (χ0) is 13.1. The van der Waals surface area contributed by atoms with E-state index in [1.807, 2.05) is 0 Å². The van der Waals surface area contributed by atoms with E-state index in [1.165, 1.54) is 6.92 Å². The second-order valence-electron chi connectivity index (χ2n) is 3.17. The van der Waals surface area contributed by atoms with Gasteiger partial charge in [0, 0.05) is 6.54 Å². The molecule has 1 atom stereocenters. The van der Waals surface area contributed by atoms with Crippen LogP contribution in [0.15, 0.2) is 10.4 Å². The molecule has 6 nitrogen and oxygen atoms in total. The van der Waals surface area contributed by atoms with E-state index >= 15 is 0 Å². The molecule has 1 unspecified atom stereocenters. The Kier molecular flexibility index (Phi) is 4.87. The Morgan fingerprint density at radius 1 is 1.65 bits per heavy atom. The van der Waals surface area contributed by atoms with Crippen molar-refractivity contribution in [2.75, 3.05) is 6.54 Å². The third-order valence-electron chi connectivity index (χ3n) is 1.80. The van der Waals surface area contributed by atoms with Crippen LogP contribution < -0.4 is 10.0 Å². The standard InChI is InChI=1S/C8H12ClN3O3S2/c1-3-10-7(13)5(2)12-17(14,15)6-4-11-8(9)16-6/h4-5,12H,3H2,1-2H3,(H,10,13). The van der Waals surface area contributed by atoms with Crippen molar-refractivity contribution >= 4 is 38.9 Å². The molecule has 2 N–H and O–H groups in total. The number of amides is 1. The van der Waals surface area contributed by atoms with Crippen molar-refractivity contribution in [3.8, 4) is 0 Å². The van der Waals surface area contributed by atoms with Crippen LogP contribution in [0.5, 0.6) is 0 Å². The summed E-state index contributed by atoms with van der Waals surface area (Å²) in [5, 5.41) is 2.52. The molecule has 1 rings (SSSR count). The average Bonchev–Trinajstić information content (AvgIpc) is 2.65. The van der Waals surface area contributed by atoms with Crippen LogP contribution in [-0.2, 0) is 14.8 Å². The fourth-order valence-electron chi connectivity index (χ4n) is 1.04. The molecule has 1 amide bonds. The predicted molar refractivity (Wildman–Crippen MR) is 65.6 cm³/mol. The molecule has 1 aromatic rings. The quantitative estimate of drug-likeness (QED) is 0.833. The summed E-state index contributed by atoms with van der Waals surface area (Å²) in [6.07, 6.45) is 1.15. The fraction of sp³-hybridized carbons (Fsp3) is 0.500. The van der Waals surface area contributed by atoms with Crippen LogP contribution in [-0.4, -0.2) is 31.9 Å². The maximum atomic E-state index is 11.8. The molecular formula is C8H12ClN3O3S2. The SMILES string of the molecule is CCNC(=O)C(C)NS(=O)(=O)c1cnc(Cl)s1. The second kappa shape index (κ2) is 5.76. The van der Waals surface area contributed by atoms with Crippen molar-refractivity contribution in [3.05, 3.63) is 10.7 Å². The Balaban J connectivity index is 2.77. The van der Waals surface area contributed by atoms with E-state index in [0.717, 1.165) is 17.5 Å². The molecule has 0 aliphatic rings. The highest BCUT2D eigenvalue weighted by Crippen LogP contribution is 2.22. The van der Waals surface area contributed by atoms with Gasteiger partial charge in [0.25, 0.3) is 10.0 Å². The molecular weight excluding hydrogens is 286 g/mol. The molecule has 1 aromatic heterocycles. The third-order valence-corrected chi connectivity index (χ3v) is 4.91. The largest absolute Gasteiger partial charge is 0.355 e. The molecule has 17 heavy (non-hydrogen) atoms. The number of nitrogens with zero attached hydrogens (tertiary/aromatic N) is 1. The first-order valence-electron chi connectivity index (χ1n) is 4.78. The van der Waals surface area contributed by atoms with Crippen molar-refractivity contribution in [3.63, 3.8) is 0 Å². The molecule has 0 bridgehead atoms. The van der Waals surface area contributed by atoms with Crippen molar-refractivity contribution in [2.24, 2.45) is 0 Å². The molecule has 0 saturated carbocycles. The minimum atomic E-state index is -3.74. The van der Waals surface area contributed by atoms with Gasteiger partial charge in [0.1, 0.15) is 0 Å². The van der Waals surface area contributed by atoms with E-state index in [-0.39, 0.29) is 14.6 Å². The Hall–Kier alpha value is -0.700. The number of rotatable bonds is 5. The molecule has 0 fully saturated rings. The predicted octanol–water partition coefficient (Wildman–Crippen LogP) is 0.599.